The van der Waals surface area contributed by atoms with E-state index in [1.165, 1.54) is 179 Å². The van der Waals surface area contributed by atoms with Gasteiger partial charge in [-0.2, -0.15) is 8.42 Å². The minimum atomic E-state index is -4.44. The molecule has 7 nitrogen and oxygen atoms in total. The van der Waals surface area contributed by atoms with Gasteiger partial charge in [-0.05, 0) is 44.9 Å². The smallest absolute Gasteiger partial charge is 0.267 e. The number of unbranched alkanes of at least 4 members (excludes halogenated alkanes) is 32. The predicted octanol–water partition coefficient (Wildman–Crippen LogP) is 13.3. The highest BCUT2D eigenvalue weighted by molar-refractivity contribution is 7.85. The number of carbonyl (C=O) groups is 1. The molecule has 0 rings (SSSR count). The number of hydrogen-bond acceptors (Lipinski definition) is 5. The Labute approximate surface area is 341 Å². The van der Waals surface area contributed by atoms with Crippen LogP contribution in [0, 0.1) is 0 Å². The number of rotatable bonds is 43. The van der Waals surface area contributed by atoms with Crippen LogP contribution in [0.25, 0.3) is 0 Å². The molecule has 0 saturated heterocycles. The van der Waals surface area contributed by atoms with Gasteiger partial charge in [0, 0.05) is 0 Å². The van der Waals surface area contributed by atoms with E-state index >= 15 is 0 Å². The monoisotopic (exact) mass is 798 g/mol. The number of aliphatic hydroxyl groups excluding tert-OH is 2. The van der Waals surface area contributed by atoms with Gasteiger partial charge in [0.1, 0.15) is 6.10 Å². The predicted molar refractivity (Wildman–Crippen MR) is 236 cm³/mol. The SMILES string of the molecule is CCCCCCCCCCCCCC/C=C\CCCCCCCCC(O)C(=O)NC(CS(=O)(=O)O)C(O)/C=C/CCCCCCCCCCCCCCCC. The second-order valence-electron chi connectivity index (χ2n) is 16.5. The van der Waals surface area contributed by atoms with E-state index in [-0.39, 0.29) is 6.42 Å². The Balaban J connectivity index is 3.93. The lowest BCUT2D eigenvalue weighted by atomic mass is 10.0. The van der Waals surface area contributed by atoms with Crippen molar-refractivity contribution >= 4 is 16.0 Å². The minimum absolute atomic E-state index is 0.275. The topological polar surface area (TPSA) is 124 Å². The summed E-state index contributed by atoms with van der Waals surface area (Å²) in [5, 5.41) is 23.5. The molecule has 0 aliphatic carbocycles. The molecule has 3 atom stereocenters. The Morgan fingerprint density at radius 3 is 1.15 bits per heavy atom. The molecule has 8 heteroatoms. The van der Waals surface area contributed by atoms with Crippen molar-refractivity contribution in [2.45, 2.75) is 263 Å². The maximum absolute atomic E-state index is 12.6. The first kappa shape index (κ1) is 53.8. The van der Waals surface area contributed by atoms with Crippen LogP contribution in [0.15, 0.2) is 24.3 Å². The molecule has 0 aliphatic heterocycles. The molecule has 4 N–H and O–H groups in total. The molecular weight excluding hydrogens is 707 g/mol. The van der Waals surface area contributed by atoms with Crippen molar-refractivity contribution in [3.63, 3.8) is 0 Å². The van der Waals surface area contributed by atoms with Crippen LogP contribution in [0.5, 0.6) is 0 Å². The quantitative estimate of drug-likeness (QED) is 0.0277. The van der Waals surface area contributed by atoms with Crippen LogP contribution in [0.2, 0.25) is 0 Å². The largest absolute Gasteiger partial charge is 0.387 e. The maximum atomic E-state index is 12.6. The lowest BCUT2D eigenvalue weighted by molar-refractivity contribution is -0.130. The molecule has 55 heavy (non-hydrogen) atoms. The number of carbonyl (C=O) groups excluding carboxylic acids is 1. The second-order valence-corrected chi connectivity index (χ2v) is 18.0. The molecule has 0 aromatic heterocycles. The van der Waals surface area contributed by atoms with Crippen LogP contribution in [-0.4, -0.2) is 53.1 Å². The summed E-state index contributed by atoms with van der Waals surface area (Å²) in [7, 11) is -4.44. The molecule has 0 radical (unpaired) electrons. The first-order chi connectivity index (χ1) is 26.7. The zero-order valence-corrected chi connectivity index (χ0v) is 37.0. The molecule has 0 aromatic rings. The molecule has 0 heterocycles. The Kier molecular flexibility index (Phi) is 40.0. The average molecular weight is 798 g/mol. The van der Waals surface area contributed by atoms with Crippen molar-refractivity contribution in [2.75, 3.05) is 5.75 Å². The summed E-state index contributed by atoms with van der Waals surface area (Å²) in [6, 6.07) is -1.23. The highest BCUT2D eigenvalue weighted by atomic mass is 32.2. The summed E-state index contributed by atoms with van der Waals surface area (Å²) in [6.45, 7) is 4.53. The van der Waals surface area contributed by atoms with Gasteiger partial charge in [0.2, 0.25) is 5.91 Å². The molecule has 3 unspecified atom stereocenters. The van der Waals surface area contributed by atoms with E-state index in [9.17, 15) is 28.0 Å². The first-order valence-electron chi connectivity index (χ1n) is 23.6. The fraction of sp³-hybridized carbons (Fsp3) is 0.894. The van der Waals surface area contributed by atoms with Gasteiger partial charge in [0.05, 0.1) is 17.9 Å². The van der Waals surface area contributed by atoms with Crippen molar-refractivity contribution in [1.82, 2.24) is 5.32 Å². The number of hydrogen-bond donors (Lipinski definition) is 4. The number of allylic oxidation sites excluding steroid dienone is 3. The van der Waals surface area contributed by atoms with Crippen LogP contribution >= 0.6 is 0 Å². The zero-order chi connectivity index (χ0) is 40.5. The molecule has 0 fully saturated rings. The van der Waals surface area contributed by atoms with E-state index < -0.39 is 40.0 Å². The normalized spacial score (nSPS) is 13.9. The fourth-order valence-electron chi connectivity index (χ4n) is 7.33. The fourth-order valence-corrected chi connectivity index (χ4v) is 8.07. The zero-order valence-electron chi connectivity index (χ0n) is 36.2. The van der Waals surface area contributed by atoms with Crippen molar-refractivity contribution in [3.05, 3.63) is 24.3 Å². The summed E-state index contributed by atoms with van der Waals surface area (Å²) in [4.78, 5) is 12.6. The van der Waals surface area contributed by atoms with E-state index in [1.54, 1.807) is 0 Å². The number of aliphatic hydroxyl groups is 2. The summed E-state index contributed by atoms with van der Waals surface area (Å²) >= 11 is 0. The van der Waals surface area contributed by atoms with E-state index in [1.807, 2.05) is 6.08 Å². The third-order valence-corrected chi connectivity index (χ3v) is 11.8. The van der Waals surface area contributed by atoms with Gasteiger partial charge in [0.25, 0.3) is 10.1 Å². The number of nitrogens with one attached hydrogen (secondary N) is 1. The average Bonchev–Trinajstić information content (AvgIpc) is 3.15. The molecule has 1 amide bonds. The van der Waals surface area contributed by atoms with E-state index in [0.29, 0.717) is 6.42 Å². The Hall–Kier alpha value is -1.22. The highest BCUT2D eigenvalue weighted by Gasteiger charge is 2.27. The van der Waals surface area contributed by atoms with Crippen LogP contribution < -0.4 is 5.32 Å². The van der Waals surface area contributed by atoms with Gasteiger partial charge in [-0.1, -0.05) is 224 Å². The molecule has 0 spiro atoms. The lowest BCUT2D eigenvalue weighted by Crippen LogP contribution is -2.50. The van der Waals surface area contributed by atoms with Gasteiger partial charge in [0.15, 0.2) is 0 Å². The second kappa shape index (κ2) is 41.0. The standard InChI is InChI=1S/C47H91NO6S/c1-3-5-7-9-11-13-15-17-19-21-22-23-24-25-26-28-30-32-34-36-38-40-42-46(50)47(51)48-44(43-55(52,53)54)45(49)41-39-37-35-33-31-29-27-20-18-16-14-12-10-8-6-4-2/h25-26,39,41,44-46,49-50H,3-24,27-38,40,42-43H2,1-2H3,(H,48,51)(H,52,53,54)/b26-25-,41-39+. The third kappa shape index (κ3) is 40.8. The van der Waals surface area contributed by atoms with Gasteiger partial charge in [-0.3, -0.25) is 9.35 Å². The highest BCUT2D eigenvalue weighted by Crippen LogP contribution is 2.16. The molecule has 326 valence electrons. The first-order valence-corrected chi connectivity index (χ1v) is 25.3. The lowest BCUT2D eigenvalue weighted by Gasteiger charge is -2.22. The molecule has 0 aliphatic rings. The van der Waals surface area contributed by atoms with Crippen molar-refractivity contribution in [3.8, 4) is 0 Å². The summed E-state index contributed by atoms with van der Waals surface area (Å²) in [5.41, 5.74) is 0. The van der Waals surface area contributed by atoms with Gasteiger partial charge in [-0.25, -0.2) is 0 Å². The van der Waals surface area contributed by atoms with E-state index in [0.717, 1.165) is 44.9 Å². The van der Waals surface area contributed by atoms with Gasteiger partial charge < -0.3 is 15.5 Å². The molecule has 0 saturated carbocycles. The van der Waals surface area contributed by atoms with E-state index in [2.05, 4.69) is 31.3 Å². The van der Waals surface area contributed by atoms with Crippen LogP contribution in [-0.2, 0) is 14.9 Å². The maximum Gasteiger partial charge on any atom is 0.267 e. The van der Waals surface area contributed by atoms with Crippen LogP contribution in [0.3, 0.4) is 0 Å². The number of amides is 1. The molecule has 0 bridgehead atoms. The minimum Gasteiger partial charge on any atom is -0.387 e. The van der Waals surface area contributed by atoms with Crippen molar-refractivity contribution in [1.29, 1.82) is 0 Å². The summed E-state index contributed by atoms with van der Waals surface area (Å²) in [6.07, 6.45) is 49.5. The molecule has 0 aromatic carbocycles. The van der Waals surface area contributed by atoms with E-state index in [4.69, 9.17) is 0 Å². The Morgan fingerprint density at radius 1 is 0.491 bits per heavy atom. The van der Waals surface area contributed by atoms with Crippen LogP contribution in [0.1, 0.15) is 245 Å². The Morgan fingerprint density at radius 2 is 0.800 bits per heavy atom. The van der Waals surface area contributed by atoms with Gasteiger partial charge in [-0.15, -0.1) is 0 Å². The van der Waals surface area contributed by atoms with Crippen LogP contribution in [0.4, 0.5) is 0 Å². The van der Waals surface area contributed by atoms with Gasteiger partial charge >= 0.3 is 0 Å². The van der Waals surface area contributed by atoms with Crippen molar-refractivity contribution in [2.24, 2.45) is 0 Å². The Bertz CT molecular complexity index is 984. The van der Waals surface area contributed by atoms with Crippen molar-refractivity contribution < 1.29 is 28.0 Å². The molecular formula is C47H91NO6S. The summed E-state index contributed by atoms with van der Waals surface area (Å²) in [5.74, 6) is -1.53. The summed E-state index contributed by atoms with van der Waals surface area (Å²) < 4.78 is 32.6. The third-order valence-electron chi connectivity index (χ3n) is 11.0.